The van der Waals surface area contributed by atoms with Crippen LogP contribution in [-0.2, 0) is 10.2 Å². The van der Waals surface area contributed by atoms with Crippen molar-refractivity contribution in [2.75, 3.05) is 31.5 Å². The van der Waals surface area contributed by atoms with Gasteiger partial charge in [-0.2, -0.15) is 17.4 Å². The van der Waals surface area contributed by atoms with E-state index < -0.39 is 10.2 Å². The summed E-state index contributed by atoms with van der Waals surface area (Å²) in [6, 6.07) is 1.35. The summed E-state index contributed by atoms with van der Waals surface area (Å²) in [6.45, 7) is 6.70. The standard InChI is InChI=1S/C14H23N5O3S/c1-11(2)17-23(21,22)19-8-6-18(7-9-19)14(20)16-13-4-5-15-10-12(13)3/h4-5,10-11,17H,6-9H2,1-3H3,(H,15,16,20). The van der Waals surface area contributed by atoms with E-state index >= 15 is 0 Å². The van der Waals surface area contributed by atoms with Crippen LogP contribution in [0, 0.1) is 6.92 Å². The summed E-state index contributed by atoms with van der Waals surface area (Å²) < 4.78 is 28.1. The normalized spacial score (nSPS) is 16.6. The van der Waals surface area contributed by atoms with Crippen molar-refractivity contribution in [1.29, 1.82) is 0 Å². The predicted molar refractivity (Wildman–Crippen MR) is 88.3 cm³/mol. The molecular weight excluding hydrogens is 318 g/mol. The highest BCUT2D eigenvalue weighted by atomic mass is 32.2. The van der Waals surface area contributed by atoms with Gasteiger partial charge in [0.05, 0.1) is 0 Å². The van der Waals surface area contributed by atoms with E-state index in [9.17, 15) is 13.2 Å². The van der Waals surface area contributed by atoms with E-state index in [1.807, 2.05) is 6.92 Å². The number of piperazine rings is 1. The predicted octanol–water partition coefficient (Wildman–Crippen LogP) is 0.782. The van der Waals surface area contributed by atoms with Crippen molar-refractivity contribution in [2.45, 2.75) is 26.8 Å². The van der Waals surface area contributed by atoms with E-state index in [2.05, 4.69) is 15.0 Å². The number of rotatable bonds is 4. The Morgan fingerprint density at radius 1 is 1.26 bits per heavy atom. The van der Waals surface area contributed by atoms with Crippen molar-refractivity contribution in [1.82, 2.24) is 18.9 Å². The third-order valence-electron chi connectivity index (χ3n) is 3.51. The molecule has 128 valence electrons. The monoisotopic (exact) mass is 341 g/mol. The van der Waals surface area contributed by atoms with Crippen molar-refractivity contribution in [3.63, 3.8) is 0 Å². The number of hydrogen-bond acceptors (Lipinski definition) is 4. The summed E-state index contributed by atoms with van der Waals surface area (Å²) >= 11 is 0. The molecule has 1 aliphatic heterocycles. The lowest BCUT2D eigenvalue weighted by Crippen LogP contribution is -2.54. The van der Waals surface area contributed by atoms with Gasteiger partial charge in [0.2, 0.25) is 0 Å². The average molecular weight is 341 g/mol. The second-order valence-corrected chi connectivity index (χ2v) is 7.49. The summed E-state index contributed by atoms with van der Waals surface area (Å²) in [6.07, 6.45) is 3.29. The van der Waals surface area contributed by atoms with E-state index in [0.717, 1.165) is 5.56 Å². The fourth-order valence-corrected chi connectivity index (χ4v) is 3.70. The van der Waals surface area contributed by atoms with Crippen LogP contribution in [-0.4, -0.2) is 60.9 Å². The number of aryl methyl sites for hydroxylation is 1. The Bertz CT molecular complexity index is 654. The van der Waals surface area contributed by atoms with E-state index in [-0.39, 0.29) is 25.2 Å². The minimum atomic E-state index is -3.48. The van der Waals surface area contributed by atoms with Gasteiger partial charge in [0.1, 0.15) is 0 Å². The van der Waals surface area contributed by atoms with Crippen molar-refractivity contribution >= 4 is 21.9 Å². The molecule has 8 nitrogen and oxygen atoms in total. The molecule has 0 bridgehead atoms. The molecule has 1 aromatic heterocycles. The number of amides is 2. The second kappa shape index (κ2) is 7.24. The van der Waals surface area contributed by atoms with Gasteiger partial charge in [0, 0.05) is 50.3 Å². The smallest absolute Gasteiger partial charge is 0.321 e. The largest absolute Gasteiger partial charge is 0.322 e. The summed E-state index contributed by atoms with van der Waals surface area (Å²) in [7, 11) is -3.48. The third-order valence-corrected chi connectivity index (χ3v) is 5.33. The van der Waals surface area contributed by atoms with Crippen LogP contribution in [0.1, 0.15) is 19.4 Å². The first-order chi connectivity index (χ1) is 10.8. The molecule has 1 saturated heterocycles. The average Bonchev–Trinajstić information content (AvgIpc) is 2.48. The van der Waals surface area contributed by atoms with Crippen LogP contribution < -0.4 is 10.0 Å². The molecule has 0 spiro atoms. The summed E-state index contributed by atoms with van der Waals surface area (Å²) in [5.74, 6) is 0. The minimum absolute atomic E-state index is 0.156. The molecule has 0 aromatic carbocycles. The number of hydrogen-bond donors (Lipinski definition) is 2. The SMILES string of the molecule is Cc1cnccc1NC(=O)N1CCN(S(=O)(=O)NC(C)C)CC1. The maximum absolute atomic E-state index is 12.3. The van der Waals surface area contributed by atoms with Gasteiger partial charge < -0.3 is 10.2 Å². The Balaban J connectivity index is 1.92. The molecule has 2 amide bonds. The fraction of sp³-hybridized carbons (Fsp3) is 0.571. The Kier molecular flexibility index (Phi) is 5.55. The topological polar surface area (TPSA) is 94.6 Å². The number of nitrogens with one attached hydrogen (secondary N) is 2. The zero-order chi connectivity index (χ0) is 17.0. The van der Waals surface area contributed by atoms with E-state index in [4.69, 9.17) is 0 Å². The van der Waals surface area contributed by atoms with Crippen LogP contribution in [0.4, 0.5) is 10.5 Å². The van der Waals surface area contributed by atoms with E-state index in [1.165, 1.54) is 4.31 Å². The lowest BCUT2D eigenvalue weighted by Gasteiger charge is -2.34. The van der Waals surface area contributed by atoms with Gasteiger partial charge in [-0.15, -0.1) is 0 Å². The van der Waals surface area contributed by atoms with Gasteiger partial charge >= 0.3 is 6.03 Å². The van der Waals surface area contributed by atoms with E-state index in [0.29, 0.717) is 18.8 Å². The quantitative estimate of drug-likeness (QED) is 0.846. The molecule has 1 aliphatic rings. The summed E-state index contributed by atoms with van der Waals surface area (Å²) in [4.78, 5) is 17.9. The molecule has 0 radical (unpaired) electrons. The lowest BCUT2D eigenvalue weighted by atomic mass is 10.2. The fourth-order valence-electron chi connectivity index (χ4n) is 2.31. The molecule has 2 N–H and O–H groups in total. The second-order valence-electron chi connectivity index (χ2n) is 5.78. The van der Waals surface area contributed by atoms with Crippen LogP contribution in [0.2, 0.25) is 0 Å². The molecule has 0 atom stereocenters. The first-order valence-corrected chi connectivity index (χ1v) is 8.97. The van der Waals surface area contributed by atoms with Crippen molar-refractivity contribution < 1.29 is 13.2 Å². The number of anilines is 1. The zero-order valence-corrected chi connectivity index (χ0v) is 14.4. The zero-order valence-electron chi connectivity index (χ0n) is 13.6. The Hall–Kier alpha value is -1.71. The maximum Gasteiger partial charge on any atom is 0.321 e. The molecule has 2 rings (SSSR count). The third kappa shape index (κ3) is 4.63. The van der Waals surface area contributed by atoms with Crippen LogP contribution in [0.25, 0.3) is 0 Å². The number of nitrogens with zero attached hydrogens (tertiary/aromatic N) is 3. The molecule has 1 fully saturated rings. The van der Waals surface area contributed by atoms with Crippen molar-refractivity contribution in [3.05, 3.63) is 24.0 Å². The van der Waals surface area contributed by atoms with Gasteiger partial charge in [-0.3, -0.25) is 4.98 Å². The molecule has 23 heavy (non-hydrogen) atoms. The number of carbonyl (C=O) groups is 1. The molecule has 9 heteroatoms. The van der Waals surface area contributed by atoms with Crippen molar-refractivity contribution in [3.8, 4) is 0 Å². The van der Waals surface area contributed by atoms with E-state index in [1.54, 1.807) is 37.2 Å². The highest BCUT2D eigenvalue weighted by Gasteiger charge is 2.29. The first-order valence-electron chi connectivity index (χ1n) is 7.53. The Morgan fingerprint density at radius 2 is 1.91 bits per heavy atom. The lowest BCUT2D eigenvalue weighted by molar-refractivity contribution is 0.183. The molecule has 0 unspecified atom stereocenters. The minimum Gasteiger partial charge on any atom is -0.322 e. The van der Waals surface area contributed by atoms with Gasteiger partial charge in [-0.05, 0) is 32.4 Å². The van der Waals surface area contributed by atoms with Crippen molar-refractivity contribution in [2.24, 2.45) is 0 Å². The van der Waals surface area contributed by atoms with Gasteiger partial charge in [-0.25, -0.2) is 4.79 Å². The summed E-state index contributed by atoms with van der Waals surface area (Å²) in [5, 5.41) is 2.83. The Morgan fingerprint density at radius 3 is 2.48 bits per heavy atom. The number of urea groups is 1. The van der Waals surface area contributed by atoms with Crippen LogP contribution in [0.15, 0.2) is 18.5 Å². The molecule has 2 heterocycles. The van der Waals surface area contributed by atoms with Gasteiger partial charge in [0.15, 0.2) is 0 Å². The molecule has 0 aliphatic carbocycles. The van der Waals surface area contributed by atoms with Gasteiger partial charge in [-0.1, -0.05) is 0 Å². The highest BCUT2D eigenvalue weighted by Crippen LogP contribution is 2.14. The molecule has 1 aromatic rings. The first kappa shape index (κ1) is 17.6. The van der Waals surface area contributed by atoms with Gasteiger partial charge in [0.25, 0.3) is 10.2 Å². The molecular formula is C14H23N5O3S. The summed E-state index contributed by atoms with van der Waals surface area (Å²) in [5.41, 5.74) is 1.59. The maximum atomic E-state index is 12.3. The number of aromatic nitrogens is 1. The van der Waals surface area contributed by atoms with Crippen LogP contribution in [0.3, 0.4) is 0 Å². The molecule has 0 saturated carbocycles. The van der Waals surface area contributed by atoms with Crippen LogP contribution in [0.5, 0.6) is 0 Å². The Labute approximate surface area is 137 Å². The highest BCUT2D eigenvalue weighted by molar-refractivity contribution is 7.87. The van der Waals surface area contributed by atoms with Crippen LogP contribution >= 0.6 is 0 Å². The number of carbonyl (C=O) groups excluding carboxylic acids is 1. The number of pyridine rings is 1.